The fourth-order valence-corrected chi connectivity index (χ4v) is 5.32. The van der Waals surface area contributed by atoms with Gasteiger partial charge in [-0.2, -0.15) is 0 Å². The first-order valence-corrected chi connectivity index (χ1v) is 7.58. The summed E-state index contributed by atoms with van der Waals surface area (Å²) in [5.74, 6) is 0. The highest BCUT2D eigenvalue weighted by Crippen LogP contribution is 2.23. The summed E-state index contributed by atoms with van der Waals surface area (Å²) in [7, 11) is -0.924. The molecule has 0 bridgehead atoms. The molecule has 0 saturated carbocycles. The van der Waals surface area contributed by atoms with Crippen LogP contribution in [0.1, 0.15) is 34.1 Å². The molecular weight excluding hydrogens is 148 g/mol. The third-order valence-electron chi connectivity index (χ3n) is 2.68. The van der Waals surface area contributed by atoms with Gasteiger partial charge in [0.2, 0.25) is 0 Å². The molecule has 0 radical (unpaired) electrons. The van der Waals surface area contributed by atoms with Crippen molar-refractivity contribution in [2.45, 2.75) is 52.2 Å². The van der Waals surface area contributed by atoms with Crippen LogP contribution in [0, 0.1) is 0 Å². The Labute approximate surface area is 72.7 Å². The predicted molar refractivity (Wildman–Crippen MR) is 56.6 cm³/mol. The molecule has 0 saturated heterocycles. The summed E-state index contributed by atoms with van der Waals surface area (Å²) >= 11 is 0. The maximum Gasteiger partial charge on any atom is 0.0768 e. The Balaban J connectivity index is 4.19. The van der Waals surface area contributed by atoms with Crippen LogP contribution >= 0.6 is 0 Å². The highest BCUT2D eigenvalue weighted by molar-refractivity contribution is 6.84. The van der Waals surface area contributed by atoms with Crippen molar-refractivity contribution in [3.8, 4) is 0 Å². The lowest BCUT2D eigenvalue weighted by Gasteiger charge is -2.24. The highest BCUT2D eigenvalue weighted by Gasteiger charge is 2.23. The quantitative estimate of drug-likeness (QED) is 0.547. The summed E-state index contributed by atoms with van der Waals surface area (Å²) in [4.78, 5) is 0. The average molecular weight is 170 g/mol. The molecule has 0 heterocycles. The molecule has 0 spiro atoms. The monoisotopic (exact) mass is 170 g/mol. The lowest BCUT2D eigenvalue weighted by molar-refractivity contribution is 1.02. The number of hydrogen-bond donors (Lipinski definition) is 0. The third-order valence-corrected chi connectivity index (χ3v) is 8.03. The molecule has 0 aliphatic carbocycles. The Morgan fingerprint density at radius 1 is 1.09 bits per heavy atom. The maximum absolute atomic E-state index is 2.52. The van der Waals surface area contributed by atoms with Gasteiger partial charge < -0.3 is 0 Å². The molecule has 0 atom stereocenters. The fraction of sp³-hybridized carbons (Fsp3) is 0.800. The van der Waals surface area contributed by atoms with Gasteiger partial charge in [-0.05, 0) is 6.92 Å². The van der Waals surface area contributed by atoms with Gasteiger partial charge in [0.25, 0.3) is 0 Å². The largest absolute Gasteiger partial charge is 0.0984 e. The molecule has 0 aromatic heterocycles. The normalized spacial score (nSPS) is 12.7. The fourth-order valence-electron chi connectivity index (χ4n) is 1.77. The minimum Gasteiger partial charge on any atom is -0.0984 e. The molecule has 0 rings (SSSR count). The van der Waals surface area contributed by atoms with Crippen LogP contribution < -0.4 is 0 Å². The van der Waals surface area contributed by atoms with Crippen LogP contribution in [-0.4, -0.2) is 8.07 Å². The average Bonchev–Trinajstić information content (AvgIpc) is 2.04. The second-order valence-corrected chi connectivity index (χ2v) is 8.29. The molecule has 0 nitrogen and oxygen atoms in total. The summed E-state index contributed by atoms with van der Waals surface area (Å²) in [6, 6.07) is 4.31. The van der Waals surface area contributed by atoms with Gasteiger partial charge in [0.1, 0.15) is 0 Å². The van der Waals surface area contributed by atoms with Gasteiger partial charge >= 0.3 is 0 Å². The van der Waals surface area contributed by atoms with Crippen molar-refractivity contribution in [2.24, 2.45) is 0 Å². The Morgan fingerprint density at radius 2 is 1.64 bits per heavy atom. The smallest absolute Gasteiger partial charge is 0.0768 e. The van der Waals surface area contributed by atoms with E-state index in [9.17, 15) is 0 Å². The predicted octanol–water partition coefficient (Wildman–Crippen LogP) is 4.00. The van der Waals surface area contributed by atoms with Gasteiger partial charge in [0.15, 0.2) is 0 Å². The molecule has 0 aliphatic rings. The zero-order valence-electron chi connectivity index (χ0n) is 8.48. The zero-order chi connectivity index (χ0) is 8.74. The van der Waals surface area contributed by atoms with Gasteiger partial charge in [0, 0.05) is 0 Å². The molecule has 66 valence electrons. The summed E-state index contributed by atoms with van der Waals surface area (Å²) < 4.78 is 0. The van der Waals surface area contributed by atoms with Crippen molar-refractivity contribution in [3.63, 3.8) is 0 Å². The molecule has 0 aromatic rings. The third kappa shape index (κ3) is 3.24. The molecule has 11 heavy (non-hydrogen) atoms. The van der Waals surface area contributed by atoms with E-state index in [4.69, 9.17) is 0 Å². The van der Waals surface area contributed by atoms with Crippen molar-refractivity contribution < 1.29 is 0 Å². The van der Waals surface area contributed by atoms with Crippen LogP contribution in [0.15, 0.2) is 11.8 Å². The van der Waals surface area contributed by atoms with E-state index in [1.807, 2.05) is 0 Å². The Hall–Kier alpha value is -0.0431. The summed E-state index contributed by atoms with van der Waals surface area (Å²) in [5, 5.41) is 0. The summed E-state index contributed by atoms with van der Waals surface area (Å²) in [5.41, 5.74) is 2.52. The Kier molecular flexibility index (Phi) is 5.57. The van der Waals surface area contributed by atoms with Crippen LogP contribution in [-0.2, 0) is 0 Å². The molecule has 0 fully saturated rings. The van der Waals surface area contributed by atoms with Crippen LogP contribution in [0.4, 0.5) is 0 Å². The van der Waals surface area contributed by atoms with Crippen LogP contribution in [0.5, 0.6) is 0 Å². The summed E-state index contributed by atoms with van der Waals surface area (Å²) in [6.07, 6.45) is 3.62. The van der Waals surface area contributed by atoms with E-state index in [1.165, 1.54) is 24.6 Å². The molecule has 0 amide bonds. The van der Waals surface area contributed by atoms with Gasteiger partial charge in [-0.3, -0.25) is 0 Å². The Morgan fingerprint density at radius 3 is 1.91 bits per heavy atom. The first kappa shape index (κ1) is 11.0. The van der Waals surface area contributed by atoms with Crippen molar-refractivity contribution in [3.05, 3.63) is 11.8 Å². The van der Waals surface area contributed by atoms with Crippen LogP contribution in [0.25, 0.3) is 0 Å². The molecule has 0 N–H and O–H groups in total. The van der Waals surface area contributed by atoms with E-state index in [0.717, 1.165) is 0 Å². The maximum atomic E-state index is 2.52. The van der Waals surface area contributed by atoms with Gasteiger partial charge in [-0.15, -0.1) is 0 Å². The second-order valence-electron chi connectivity index (χ2n) is 3.32. The standard InChI is InChI=1S/C10H22Si/c1-5-9-11(7-3,8-4)10-6-2/h5,9H,6-8,10H2,1-4H3/b9-5+. The van der Waals surface area contributed by atoms with Gasteiger partial charge in [-0.1, -0.05) is 57.1 Å². The van der Waals surface area contributed by atoms with E-state index in [-0.39, 0.29) is 0 Å². The SMILES string of the molecule is C/C=C/[Si](CC)(CC)CCC. The number of allylic oxidation sites excluding steroid dienone is 1. The van der Waals surface area contributed by atoms with E-state index in [0.29, 0.717) is 0 Å². The number of rotatable bonds is 5. The molecule has 1 heteroatoms. The molecule has 0 aromatic carbocycles. The van der Waals surface area contributed by atoms with Gasteiger partial charge in [0.05, 0.1) is 8.07 Å². The van der Waals surface area contributed by atoms with Crippen molar-refractivity contribution in [1.82, 2.24) is 0 Å². The molecular formula is C10H22Si. The zero-order valence-corrected chi connectivity index (χ0v) is 9.48. The molecule has 0 aliphatic heterocycles. The van der Waals surface area contributed by atoms with E-state index in [1.54, 1.807) is 0 Å². The van der Waals surface area contributed by atoms with Crippen molar-refractivity contribution in [2.75, 3.05) is 0 Å². The molecule has 0 unspecified atom stereocenters. The van der Waals surface area contributed by atoms with Crippen LogP contribution in [0.3, 0.4) is 0 Å². The topological polar surface area (TPSA) is 0 Å². The lowest BCUT2D eigenvalue weighted by Crippen LogP contribution is -2.29. The Bertz CT molecular complexity index is 112. The minimum atomic E-state index is -0.924. The first-order valence-electron chi connectivity index (χ1n) is 4.88. The van der Waals surface area contributed by atoms with Crippen molar-refractivity contribution >= 4 is 8.07 Å². The summed E-state index contributed by atoms with van der Waals surface area (Å²) in [6.45, 7) is 9.16. The van der Waals surface area contributed by atoms with Gasteiger partial charge in [-0.25, -0.2) is 0 Å². The second kappa shape index (κ2) is 5.59. The van der Waals surface area contributed by atoms with E-state index in [2.05, 4.69) is 39.5 Å². The van der Waals surface area contributed by atoms with Crippen LogP contribution in [0.2, 0.25) is 18.1 Å². The minimum absolute atomic E-state index is 0.924. The van der Waals surface area contributed by atoms with Crippen molar-refractivity contribution in [1.29, 1.82) is 0 Å². The first-order chi connectivity index (χ1) is 5.24. The van der Waals surface area contributed by atoms with E-state index < -0.39 is 8.07 Å². The highest BCUT2D eigenvalue weighted by atomic mass is 28.3. The number of hydrogen-bond acceptors (Lipinski definition) is 0. The van der Waals surface area contributed by atoms with E-state index >= 15 is 0 Å². The lowest BCUT2D eigenvalue weighted by atomic mass is 10.6.